The zero-order valence-electron chi connectivity index (χ0n) is 23.2. The monoisotopic (exact) mass is 555 g/mol. The fourth-order valence-corrected chi connectivity index (χ4v) is 4.54. The number of carbonyl (C=O) groups excluding carboxylic acids is 2. The Morgan fingerprint density at radius 1 is 0.381 bits per heavy atom. The summed E-state index contributed by atoms with van der Waals surface area (Å²) in [5.41, 5.74) is 6.42. The largest absolute Gasteiger partial charge is 0.323 e. The molecule has 42 heavy (non-hydrogen) atoms. The molecule has 0 saturated carbocycles. The minimum absolute atomic E-state index is 0.282. The van der Waals surface area contributed by atoms with Gasteiger partial charge in [0.2, 0.25) is 0 Å². The minimum atomic E-state index is -0.282. The van der Waals surface area contributed by atoms with Gasteiger partial charge >= 0.3 is 12.1 Å². The van der Waals surface area contributed by atoms with Crippen LogP contribution >= 0.6 is 0 Å². The molecule has 0 saturated heterocycles. The van der Waals surface area contributed by atoms with Gasteiger partial charge in [0.1, 0.15) is 0 Å². The highest BCUT2D eigenvalue weighted by atomic mass is 16.2. The van der Waals surface area contributed by atoms with E-state index in [1.165, 1.54) is 5.56 Å². The lowest BCUT2D eigenvalue weighted by molar-refractivity contribution is 0.247. The fourth-order valence-electron chi connectivity index (χ4n) is 4.54. The molecule has 7 heteroatoms. The van der Waals surface area contributed by atoms with E-state index >= 15 is 0 Å². The quantitative estimate of drug-likeness (QED) is 0.140. The van der Waals surface area contributed by atoms with Crippen LogP contribution in [-0.2, 0) is 19.6 Å². The highest BCUT2D eigenvalue weighted by molar-refractivity contribution is 6.00. The van der Waals surface area contributed by atoms with Crippen LogP contribution in [0.5, 0.6) is 0 Å². The number of benzene rings is 5. The molecule has 0 aliphatic heterocycles. The first-order valence-electron chi connectivity index (χ1n) is 13.8. The van der Waals surface area contributed by atoms with E-state index in [1.807, 2.05) is 115 Å². The number of nitrogens with one attached hydrogen (secondary N) is 4. The molecular weight excluding hydrogens is 522 g/mol. The first-order valence-corrected chi connectivity index (χ1v) is 13.8. The number of urea groups is 2. The van der Waals surface area contributed by atoms with Crippen LogP contribution in [0.1, 0.15) is 16.7 Å². The molecule has 5 aromatic carbocycles. The van der Waals surface area contributed by atoms with Crippen LogP contribution in [0, 0.1) is 0 Å². The van der Waals surface area contributed by atoms with Gasteiger partial charge in [-0.25, -0.2) is 9.59 Å². The Kier molecular flexibility index (Phi) is 9.58. The molecule has 4 amide bonds. The molecule has 4 N–H and O–H groups in total. The fraction of sp³-hybridized carbons (Fsp3) is 0.0857. The molecule has 0 heterocycles. The van der Waals surface area contributed by atoms with Crippen molar-refractivity contribution < 1.29 is 9.59 Å². The zero-order valence-corrected chi connectivity index (χ0v) is 23.2. The predicted molar refractivity (Wildman–Crippen MR) is 170 cm³/mol. The summed E-state index contributed by atoms with van der Waals surface area (Å²) in [5, 5.41) is 11.4. The van der Waals surface area contributed by atoms with E-state index in [2.05, 4.69) is 50.4 Å². The van der Waals surface area contributed by atoms with Crippen LogP contribution in [0.25, 0.3) is 0 Å². The summed E-state index contributed by atoms with van der Waals surface area (Å²) >= 11 is 0. The lowest BCUT2D eigenvalue weighted by Gasteiger charge is -2.23. The Labute approximate surface area is 246 Å². The Balaban J connectivity index is 1.20. The Hall–Kier alpha value is -5.40. The van der Waals surface area contributed by atoms with Gasteiger partial charge in [-0.3, -0.25) is 4.90 Å². The number of rotatable bonds is 10. The zero-order chi connectivity index (χ0) is 29.0. The lowest BCUT2D eigenvalue weighted by Crippen LogP contribution is -2.23. The smallest absolute Gasteiger partial charge is 0.308 e. The van der Waals surface area contributed by atoms with Crippen molar-refractivity contribution in [3.8, 4) is 0 Å². The van der Waals surface area contributed by atoms with Crippen LogP contribution in [0.4, 0.5) is 32.3 Å². The summed E-state index contributed by atoms with van der Waals surface area (Å²) in [6.07, 6.45) is 0. The number of para-hydroxylation sites is 2. The Morgan fingerprint density at radius 2 is 0.667 bits per heavy atom. The molecule has 0 aliphatic carbocycles. The molecule has 0 bridgehead atoms. The minimum Gasteiger partial charge on any atom is -0.308 e. The van der Waals surface area contributed by atoms with E-state index in [4.69, 9.17) is 0 Å². The van der Waals surface area contributed by atoms with Crippen LogP contribution < -0.4 is 21.3 Å². The van der Waals surface area contributed by atoms with Crippen LogP contribution in [0.2, 0.25) is 0 Å². The molecule has 0 spiro atoms. The number of carbonyl (C=O) groups is 2. The topological polar surface area (TPSA) is 85.5 Å². The average molecular weight is 556 g/mol. The molecule has 0 aromatic heterocycles. The van der Waals surface area contributed by atoms with Gasteiger partial charge in [0, 0.05) is 42.4 Å². The first-order chi connectivity index (χ1) is 20.6. The molecule has 0 unspecified atom stereocenters. The van der Waals surface area contributed by atoms with Crippen LogP contribution in [-0.4, -0.2) is 17.0 Å². The van der Waals surface area contributed by atoms with Crippen molar-refractivity contribution in [2.75, 3.05) is 21.3 Å². The molecule has 0 fully saturated rings. The van der Waals surface area contributed by atoms with Crippen molar-refractivity contribution in [1.82, 2.24) is 4.90 Å². The van der Waals surface area contributed by atoms with Gasteiger partial charge in [0.05, 0.1) is 0 Å². The molecule has 7 nitrogen and oxygen atoms in total. The van der Waals surface area contributed by atoms with Crippen molar-refractivity contribution in [1.29, 1.82) is 0 Å². The first kappa shape index (κ1) is 28.1. The van der Waals surface area contributed by atoms with Crippen molar-refractivity contribution in [3.05, 3.63) is 156 Å². The summed E-state index contributed by atoms with van der Waals surface area (Å²) in [5.74, 6) is 0. The normalized spacial score (nSPS) is 10.6. The van der Waals surface area contributed by atoms with Gasteiger partial charge in [0.25, 0.3) is 0 Å². The second-order valence-electron chi connectivity index (χ2n) is 9.91. The number of hydrogen-bond acceptors (Lipinski definition) is 3. The van der Waals surface area contributed by atoms with E-state index in [1.54, 1.807) is 0 Å². The van der Waals surface area contributed by atoms with E-state index < -0.39 is 0 Å². The highest BCUT2D eigenvalue weighted by Gasteiger charge is 2.10. The SMILES string of the molecule is O=C(Nc1ccccc1)Nc1ccc(CN(Cc2ccccc2)Cc2ccc(NC(=O)Nc3ccccc3)cc2)cc1. The van der Waals surface area contributed by atoms with Gasteiger partial charge in [-0.2, -0.15) is 0 Å². The number of hydrogen-bond donors (Lipinski definition) is 4. The second-order valence-corrected chi connectivity index (χ2v) is 9.91. The molecular formula is C35H33N5O2. The van der Waals surface area contributed by atoms with Crippen LogP contribution in [0.15, 0.2) is 140 Å². The van der Waals surface area contributed by atoms with Gasteiger partial charge < -0.3 is 21.3 Å². The standard InChI is InChI=1S/C35H33N5O2/c41-34(36-30-12-6-2-7-13-30)38-32-20-16-28(17-21-32)25-40(24-27-10-4-1-5-11-27)26-29-18-22-33(23-19-29)39-35(42)37-31-14-8-3-9-15-31/h1-23H,24-26H2,(H2,36,38,41)(H2,37,39,42). The maximum absolute atomic E-state index is 12.4. The predicted octanol–water partition coefficient (Wildman–Crippen LogP) is 8.18. The van der Waals surface area contributed by atoms with Crippen molar-refractivity contribution in [3.63, 3.8) is 0 Å². The number of amides is 4. The average Bonchev–Trinajstić information content (AvgIpc) is 3.00. The summed E-state index contributed by atoms with van der Waals surface area (Å²) in [6.45, 7) is 2.23. The lowest BCUT2D eigenvalue weighted by atomic mass is 10.1. The molecule has 0 atom stereocenters. The van der Waals surface area contributed by atoms with Gasteiger partial charge in [0.15, 0.2) is 0 Å². The molecule has 0 radical (unpaired) electrons. The van der Waals surface area contributed by atoms with Crippen molar-refractivity contribution in [2.24, 2.45) is 0 Å². The summed E-state index contributed by atoms with van der Waals surface area (Å²) in [4.78, 5) is 27.1. The maximum Gasteiger partial charge on any atom is 0.323 e. The molecule has 5 aromatic rings. The van der Waals surface area contributed by atoms with Crippen molar-refractivity contribution >= 4 is 34.8 Å². The van der Waals surface area contributed by atoms with E-state index in [9.17, 15) is 9.59 Å². The third-order valence-electron chi connectivity index (χ3n) is 6.55. The molecule has 5 rings (SSSR count). The maximum atomic E-state index is 12.4. The van der Waals surface area contributed by atoms with Gasteiger partial charge in [-0.05, 0) is 65.2 Å². The molecule has 0 aliphatic rings. The van der Waals surface area contributed by atoms with E-state index in [0.717, 1.165) is 53.5 Å². The van der Waals surface area contributed by atoms with Gasteiger partial charge in [-0.1, -0.05) is 91.0 Å². The Morgan fingerprint density at radius 3 is 1.02 bits per heavy atom. The third kappa shape index (κ3) is 8.81. The summed E-state index contributed by atoms with van der Waals surface area (Å²) in [7, 11) is 0. The van der Waals surface area contributed by atoms with Crippen LogP contribution in [0.3, 0.4) is 0 Å². The van der Waals surface area contributed by atoms with Crippen molar-refractivity contribution in [2.45, 2.75) is 19.6 Å². The second kappa shape index (κ2) is 14.3. The summed E-state index contributed by atoms with van der Waals surface area (Å²) in [6, 6.07) is 44.3. The number of anilines is 4. The Bertz CT molecular complexity index is 1460. The van der Waals surface area contributed by atoms with E-state index in [0.29, 0.717) is 0 Å². The molecule has 210 valence electrons. The van der Waals surface area contributed by atoms with E-state index in [-0.39, 0.29) is 12.1 Å². The summed E-state index contributed by atoms with van der Waals surface area (Å²) < 4.78 is 0. The number of nitrogens with zero attached hydrogens (tertiary/aromatic N) is 1. The highest BCUT2D eigenvalue weighted by Crippen LogP contribution is 2.18. The third-order valence-corrected chi connectivity index (χ3v) is 6.55. The van der Waals surface area contributed by atoms with Gasteiger partial charge in [-0.15, -0.1) is 0 Å².